The first-order valence-corrected chi connectivity index (χ1v) is 8.91. The molecule has 1 aromatic heterocycles. The van der Waals surface area contributed by atoms with Crippen LogP contribution in [0.1, 0.15) is 5.56 Å². The van der Waals surface area contributed by atoms with Crippen molar-refractivity contribution in [2.45, 2.75) is 26.8 Å². The Morgan fingerprint density at radius 1 is 0.826 bits per heavy atom. The van der Waals surface area contributed by atoms with Crippen LogP contribution in [0.25, 0.3) is 0 Å². The molecule has 1 heterocycles. The van der Waals surface area contributed by atoms with E-state index in [1.54, 1.807) is 6.33 Å². The lowest BCUT2D eigenvalue weighted by Crippen LogP contribution is -1.97. The zero-order chi connectivity index (χ0) is 16.2. The Labute approximate surface area is 148 Å². The molecular formula is C17H14ClN3S2. The second-order valence-corrected chi connectivity index (χ2v) is 7.43. The predicted molar refractivity (Wildman–Crippen MR) is 97.3 cm³/mol. The highest BCUT2D eigenvalue weighted by molar-refractivity contribution is 8.00. The summed E-state index contributed by atoms with van der Waals surface area (Å²) in [5.41, 5.74) is 8.07. The molecule has 0 radical (unpaired) electrons. The van der Waals surface area contributed by atoms with Crippen molar-refractivity contribution in [1.29, 1.82) is 0 Å². The predicted octanol–water partition coefficient (Wildman–Crippen LogP) is 5.32. The number of nitrogens with zero attached hydrogens (tertiary/aromatic N) is 2. The van der Waals surface area contributed by atoms with Crippen molar-refractivity contribution in [1.82, 2.24) is 9.97 Å². The van der Waals surface area contributed by atoms with Crippen LogP contribution in [-0.4, -0.2) is 9.97 Å². The Kier molecular flexibility index (Phi) is 5.10. The molecule has 0 saturated heterocycles. The van der Waals surface area contributed by atoms with Gasteiger partial charge >= 0.3 is 0 Å². The second-order valence-electron chi connectivity index (χ2n) is 4.87. The third-order valence-electron chi connectivity index (χ3n) is 3.07. The number of anilines is 1. The summed E-state index contributed by atoms with van der Waals surface area (Å²) in [4.78, 5) is 10.7. The number of rotatable bonds is 4. The van der Waals surface area contributed by atoms with Crippen molar-refractivity contribution in [2.24, 2.45) is 0 Å². The molecule has 116 valence electrons. The van der Waals surface area contributed by atoms with Crippen molar-refractivity contribution >= 4 is 40.8 Å². The minimum atomic E-state index is 0.595. The van der Waals surface area contributed by atoms with E-state index in [-0.39, 0.29) is 0 Å². The Morgan fingerprint density at radius 2 is 1.30 bits per heavy atom. The van der Waals surface area contributed by atoms with E-state index in [1.165, 1.54) is 29.1 Å². The van der Waals surface area contributed by atoms with Crippen molar-refractivity contribution in [3.8, 4) is 0 Å². The summed E-state index contributed by atoms with van der Waals surface area (Å²) < 4.78 is 0. The first-order chi connectivity index (χ1) is 11.1. The molecule has 6 heteroatoms. The summed E-state index contributed by atoms with van der Waals surface area (Å²) in [6.07, 6.45) is 1.55. The van der Waals surface area contributed by atoms with Gasteiger partial charge < -0.3 is 5.73 Å². The van der Waals surface area contributed by atoms with Gasteiger partial charge in [-0.05, 0) is 43.3 Å². The molecule has 0 spiro atoms. The third-order valence-corrected chi connectivity index (χ3v) is 5.38. The van der Waals surface area contributed by atoms with Gasteiger partial charge in [0.05, 0.1) is 5.69 Å². The van der Waals surface area contributed by atoms with Gasteiger partial charge in [-0.3, -0.25) is 0 Å². The number of hydrogen-bond acceptors (Lipinski definition) is 5. The summed E-state index contributed by atoms with van der Waals surface area (Å²) in [5, 5.41) is 2.22. The normalized spacial score (nSPS) is 10.7. The highest BCUT2D eigenvalue weighted by atomic mass is 35.5. The van der Waals surface area contributed by atoms with E-state index >= 15 is 0 Å². The first kappa shape index (κ1) is 16.2. The molecule has 0 bridgehead atoms. The van der Waals surface area contributed by atoms with Crippen molar-refractivity contribution < 1.29 is 0 Å². The Bertz CT molecular complexity index is 739. The van der Waals surface area contributed by atoms with Gasteiger partial charge in [0.15, 0.2) is 0 Å². The molecular weight excluding hydrogens is 346 g/mol. The standard InChI is InChI=1S/C17H14ClN3S2/c1-11-2-6-13(7-3-11)22-16-15(19)17(21-10-20-16)23-14-8-4-12(18)5-9-14/h2-10H,19H2,1H3. The van der Waals surface area contributed by atoms with Crippen molar-refractivity contribution in [2.75, 3.05) is 5.73 Å². The summed E-state index contributed by atoms with van der Waals surface area (Å²) in [5.74, 6) is 0. The van der Waals surface area contributed by atoms with Crippen LogP contribution in [0, 0.1) is 6.92 Å². The maximum atomic E-state index is 6.25. The third kappa shape index (κ3) is 4.19. The van der Waals surface area contributed by atoms with Crippen LogP contribution in [0.3, 0.4) is 0 Å². The van der Waals surface area contributed by atoms with E-state index in [9.17, 15) is 0 Å². The van der Waals surface area contributed by atoms with E-state index in [2.05, 4.69) is 41.2 Å². The van der Waals surface area contributed by atoms with Crippen LogP contribution in [0.4, 0.5) is 5.69 Å². The molecule has 3 nitrogen and oxygen atoms in total. The largest absolute Gasteiger partial charge is 0.394 e. The molecule has 0 aliphatic carbocycles. The molecule has 0 fully saturated rings. The second kappa shape index (κ2) is 7.25. The zero-order valence-electron chi connectivity index (χ0n) is 12.4. The molecule has 0 aliphatic heterocycles. The fourth-order valence-electron chi connectivity index (χ4n) is 1.86. The molecule has 0 unspecified atom stereocenters. The minimum absolute atomic E-state index is 0.595. The number of aryl methyl sites for hydroxylation is 1. The summed E-state index contributed by atoms with van der Waals surface area (Å²) in [6.45, 7) is 2.06. The number of aromatic nitrogens is 2. The Morgan fingerprint density at radius 3 is 1.83 bits per heavy atom. The van der Waals surface area contributed by atoms with Crippen LogP contribution in [0.15, 0.2) is 74.7 Å². The van der Waals surface area contributed by atoms with E-state index in [4.69, 9.17) is 17.3 Å². The van der Waals surface area contributed by atoms with Crippen LogP contribution >= 0.6 is 35.1 Å². The molecule has 2 aromatic carbocycles. The molecule has 3 aromatic rings. The van der Waals surface area contributed by atoms with E-state index < -0.39 is 0 Å². The van der Waals surface area contributed by atoms with Crippen LogP contribution in [-0.2, 0) is 0 Å². The van der Waals surface area contributed by atoms with Gasteiger partial charge in [0.25, 0.3) is 0 Å². The topological polar surface area (TPSA) is 51.8 Å². The summed E-state index contributed by atoms with van der Waals surface area (Å²) >= 11 is 8.95. The molecule has 0 atom stereocenters. The van der Waals surface area contributed by atoms with Crippen LogP contribution in [0.2, 0.25) is 5.02 Å². The maximum Gasteiger partial charge on any atom is 0.128 e. The highest BCUT2D eigenvalue weighted by Crippen LogP contribution is 2.37. The first-order valence-electron chi connectivity index (χ1n) is 6.90. The Balaban J connectivity index is 1.83. The summed E-state index contributed by atoms with van der Waals surface area (Å²) in [6, 6.07) is 15.9. The molecule has 2 N–H and O–H groups in total. The maximum absolute atomic E-state index is 6.25. The summed E-state index contributed by atoms with van der Waals surface area (Å²) in [7, 11) is 0. The van der Waals surface area contributed by atoms with Gasteiger partial charge in [-0.15, -0.1) is 0 Å². The van der Waals surface area contributed by atoms with Gasteiger partial charge in [0.1, 0.15) is 16.4 Å². The van der Waals surface area contributed by atoms with E-state index in [0.29, 0.717) is 10.7 Å². The monoisotopic (exact) mass is 359 g/mol. The fourth-order valence-corrected chi connectivity index (χ4v) is 3.65. The quantitative estimate of drug-likeness (QED) is 0.638. The lowest BCUT2D eigenvalue weighted by Gasteiger charge is -2.08. The van der Waals surface area contributed by atoms with E-state index in [0.717, 1.165) is 19.8 Å². The van der Waals surface area contributed by atoms with E-state index in [1.807, 2.05) is 24.3 Å². The average Bonchev–Trinajstić information content (AvgIpc) is 2.55. The Hall–Kier alpha value is -1.69. The molecule has 23 heavy (non-hydrogen) atoms. The van der Waals surface area contributed by atoms with Crippen LogP contribution in [0.5, 0.6) is 0 Å². The fraction of sp³-hybridized carbons (Fsp3) is 0.0588. The molecule has 3 rings (SSSR count). The van der Waals surface area contributed by atoms with Gasteiger partial charge in [-0.25, -0.2) is 9.97 Å². The number of nitrogens with two attached hydrogens (primary N) is 1. The molecule has 0 saturated carbocycles. The van der Waals surface area contributed by atoms with Gasteiger partial charge in [0, 0.05) is 14.8 Å². The lowest BCUT2D eigenvalue weighted by atomic mass is 10.2. The SMILES string of the molecule is Cc1ccc(Sc2ncnc(Sc3ccc(Cl)cc3)c2N)cc1. The number of nitrogen functional groups attached to an aromatic ring is 1. The van der Waals surface area contributed by atoms with Crippen LogP contribution < -0.4 is 5.73 Å². The number of benzene rings is 2. The smallest absolute Gasteiger partial charge is 0.128 e. The van der Waals surface area contributed by atoms with Crippen molar-refractivity contribution in [3.05, 3.63) is 65.4 Å². The highest BCUT2D eigenvalue weighted by Gasteiger charge is 2.11. The average molecular weight is 360 g/mol. The number of halogens is 1. The van der Waals surface area contributed by atoms with Gasteiger partial charge in [0.2, 0.25) is 0 Å². The zero-order valence-corrected chi connectivity index (χ0v) is 14.8. The lowest BCUT2D eigenvalue weighted by molar-refractivity contribution is 0.975. The molecule has 0 amide bonds. The molecule has 0 aliphatic rings. The van der Waals surface area contributed by atoms with Crippen molar-refractivity contribution in [3.63, 3.8) is 0 Å². The minimum Gasteiger partial charge on any atom is -0.394 e. The van der Waals surface area contributed by atoms with Gasteiger partial charge in [-0.1, -0.05) is 52.8 Å². The van der Waals surface area contributed by atoms with Gasteiger partial charge in [-0.2, -0.15) is 0 Å². The number of hydrogen-bond donors (Lipinski definition) is 1.